The monoisotopic (exact) mass is 297 g/mol. The summed E-state index contributed by atoms with van der Waals surface area (Å²) in [4.78, 5) is 14.0. The number of rotatable bonds is 6. The highest BCUT2D eigenvalue weighted by Gasteiger charge is 2.43. The fourth-order valence-electron chi connectivity index (χ4n) is 2.93. The summed E-state index contributed by atoms with van der Waals surface area (Å²) >= 11 is 0. The minimum absolute atomic E-state index is 0.00643. The van der Waals surface area contributed by atoms with Gasteiger partial charge in [0.25, 0.3) is 0 Å². The molecule has 2 heterocycles. The van der Waals surface area contributed by atoms with Gasteiger partial charge in [-0.3, -0.25) is 4.79 Å². The van der Waals surface area contributed by atoms with Gasteiger partial charge in [0.2, 0.25) is 5.91 Å². The Balaban J connectivity index is 1.84. The van der Waals surface area contributed by atoms with Crippen molar-refractivity contribution >= 4 is 13.8 Å². The quantitative estimate of drug-likeness (QED) is 0.643. The summed E-state index contributed by atoms with van der Waals surface area (Å²) in [6.45, 7) is 2.03. The highest BCUT2D eigenvalue weighted by Crippen LogP contribution is 2.25. The van der Waals surface area contributed by atoms with E-state index in [0.717, 1.165) is 25.9 Å². The van der Waals surface area contributed by atoms with Crippen LogP contribution in [0.1, 0.15) is 19.3 Å². The molecule has 2 rings (SSSR count). The van der Waals surface area contributed by atoms with E-state index in [1.807, 2.05) is 4.90 Å². The fraction of sp³-hybridized carbons (Fsp3) is 0.929. The number of methoxy groups -OCH3 is 2. The Labute approximate surface area is 127 Å². The van der Waals surface area contributed by atoms with Crippen LogP contribution in [-0.4, -0.2) is 83.5 Å². The first-order valence-electron chi connectivity index (χ1n) is 7.49. The van der Waals surface area contributed by atoms with Crippen LogP contribution in [0.4, 0.5) is 0 Å². The topological polar surface area (TPSA) is 57.2 Å². The van der Waals surface area contributed by atoms with Gasteiger partial charge in [-0.1, -0.05) is 0 Å². The average Bonchev–Trinajstić information content (AvgIpc) is 2.81. The molecule has 6 nitrogen and oxygen atoms in total. The first kappa shape index (κ1) is 16.7. The van der Waals surface area contributed by atoms with Crippen molar-refractivity contribution in [3.63, 3.8) is 0 Å². The lowest BCUT2D eigenvalue weighted by Gasteiger charge is -2.28. The van der Waals surface area contributed by atoms with E-state index in [4.69, 9.17) is 26.8 Å². The number of hydrogen-bond donors (Lipinski definition) is 0. The molecule has 2 fully saturated rings. The SMILES string of the molecule is [B][C@@H]1O[C@H](COC)C(OC)[C@@H]1OCC(=O)N1CCCCC1. The van der Waals surface area contributed by atoms with Crippen molar-refractivity contribution in [3.8, 4) is 0 Å². The Bertz CT molecular complexity index is 337. The molecule has 2 aliphatic heterocycles. The predicted octanol–water partition coefficient (Wildman–Crippen LogP) is -0.0611. The zero-order chi connectivity index (χ0) is 15.2. The van der Waals surface area contributed by atoms with E-state index in [1.165, 1.54) is 6.42 Å². The number of amides is 1. The van der Waals surface area contributed by atoms with E-state index >= 15 is 0 Å². The zero-order valence-electron chi connectivity index (χ0n) is 12.8. The molecule has 0 aromatic rings. The lowest BCUT2D eigenvalue weighted by molar-refractivity contribution is -0.141. The Morgan fingerprint density at radius 2 is 1.95 bits per heavy atom. The third-order valence-corrected chi connectivity index (χ3v) is 4.06. The number of carbonyl (C=O) groups is 1. The van der Waals surface area contributed by atoms with Crippen LogP contribution in [0.2, 0.25) is 0 Å². The number of piperidine rings is 1. The van der Waals surface area contributed by atoms with Crippen LogP contribution >= 0.6 is 0 Å². The molecule has 118 valence electrons. The van der Waals surface area contributed by atoms with Gasteiger partial charge in [0.05, 0.1) is 6.61 Å². The molecule has 0 N–H and O–H groups in total. The summed E-state index contributed by atoms with van der Waals surface area (Å²) in [6, 6.07) is -0.607. The molecular formula is C14H24BNO5. The van der Waals surface area contributed by atoms with Crippen LogP contribution in [0.25, 0.3) is 0 Å². The maximum Gasteiger partial charge on any atom is 0.248 e. The van der Waals surface area contributed by atoms with Crippen LogP contribution in [0.5, 0.6) is 0 Å². The van der Waals surface area contributed by atoms with Crippen LogP contribution in [0.15, 0.2) is 0 Å². The van der Waals surface area contributed by atoms with Crippen molar-refractivity contribution in [1.82, 2.24) is 4.90 Å². The van der Waals surface area contributed by atoms with Crippen LogP contribution in [-0.2, 0) is 23.7 Å². The summed E-state index contributed by atoms with van der Waals surface area (Å²) in [5.74, 6) is 0.00643. The summed E-state index contributed by atoms with van der Waals surface area (Å²) in [5, 5.41) is 0. The van der Waals surface area contributed by atoms with Gasteiger partial charge in [-0.2, -0.15) is 0 Å². The van der Waals surface area contributed by atoms with Gasteiger partial charge in [-0.05, 0) is 19.3 Å². The van der Waals surface area contributed by atoms with Gasteiger partial charge in [-0.15, -0.1) is 0 Å². The van der Waals surface area contributed by atoms with Crippen molar-refractivity contribution < 1.29 is 23.7 Å². The van der Waals surface area contributed by atoms with E-state index in [0.29, 0.717) is 6.61 Å². The maximum absolute atomic E-state index is 12.1. The van der Waals surface area contributed by atoms with Gasteiger partial charge >= 0.3 is 0 Å². The molecular weight excluding hydrogens is 273 g/mol. The number of carbonyl (C=O) groups excluding carboxylic acids is 1. The van der Waals surface area contributed by atoms with Crippen molar-refractivity contribution in [3.05, 3.63) is 0 Å². The molecule has 0 saturated carbocycles. The fourth-order valence-corrected chi connectivity index (χ4v) is 2.93. The highest BCUT2D eigenvalue weighted by atomic mass is 16.6. The molecule has 2 aliphatic rings. The number of hydrogen-bond acceptors (Lipinski definition) is 5. The van der Waals surface area contributed by atoms with Crippen LogP contribution in [0.3, 0.4) is 0 Å². The lowest BCUT2D eigenvalue weighted by atomic mass is 9.93. The molecule has 1 unspecified atom stereocenters. The number of likely N-dealkylation sites (tertiary alicyclic amines) is 1. The normalized spacial score (nSPS) is 33.3. The molecule has 0 aliphatic carbocycles. The predicted molar refractivity (Wildman–Crippen MR) is 77.3 cm³/mol. The molecule has 0 bridgehead atoms. The molecule has 4 atom stereocenters. The number of nitrogens with zero attached hydrogens (tertiary/aromatic N) is 1. The van der Waals surface area contributed by atoms with Gasteiger partial charge < -0.3 is 23.8 Å². The first-order valence-corrected chi connectivity index (χ1v) is 7.49. The summed E-state index contributed by atoms with van der Waals surface area (Å²) in [6.07, 6.45) is 2.27. The Morgan fingerprint density at radius 3 is 2.57 bits per heavy atom. The Morgan fingerprint density at radius 1 is 1.24 bits per heavy atom. The highest BCUT2D eigenvalue weighted by molar-refractivity contribution is 6.11. The molecule has 0 aromatic carbocycles. The second-order valence-electron chi connectivity index (χ2n) is 5.51. The molecule has 2 saturated heterocycles. The largest absolute Gasteiger partial charge is 0.382 e. The van der Waals surface area contributed by atoms with E-state index < -0.39 is 12.1 Å². The minimum atomic E-state index is -0.607. The average molecular weight is 297 g/mol. The molecule has 7 heteroatoms. The van der Waals surface area contributed by atoms with Gasteiger partial charge in [-0.25, -0.2) is 0 Å². The van der Waals surface area contributed by atoms with Crippen LogP contribution < -0.4 is 0 Å². The molecule has 2 radical (unpaired) electrons. The summed E-state index contributed by atoms with van der Waals surface area (Å²) < 4.78 is 21.7. The molecule has 21 heavy (non-hydrogen) atoms. The van der Waals surface area contributed by atoms with Crippen molar-refractivity contribution in [2.24, 2.45) is 0 Å². The Kier molecular flexibility index (Phi) is 6.48. The second-order valence-corrected chi connectivity index (χ2v) is 5.51. The summed E-state index contributed by atoms with van der Waals surface area (Å²) in [7, 11) is 9.10. The maximum atomic E-state index is 12.1. The standard InChI is InChI=1S/C14H24BNO5/c1-18-8-10-12(19-2)13(14(15)21-10)20-9-11(17)16-6-4-3-5-7-16/h10,12-14H,3-9H2,1-2H3/t10-,12?,13+,14-/m1/s1. The van der Waals surface area contributed by atoms with Gasteiger partial charge in [0, 0.05) is 33.3 Å². The third-order valence-electron chi connectivity index (χ3n) is 4.06. The zero-order valence-corrected chi connectivity index (χ0v) is 12.8. The van der Waals surface area contributed by atoms with Crippen molar-refractivity contribution in [1.29, 1.82) is 0 Å². The first-order chi connectivity index (χ1) is 10.2. The van der Waals surface area contributed by atoms with E-state index in [2.05, 4.69) is 0 Å². The summed E-state index contributed by atoms with van der Waals surface area (Å²) in [5.41, 5.74) is 0. The lowest BCUT2D eigenvalue weighted by Crippen LogP contribution is -2.43. The molecule has 0 aromatic heterocycles. The van der Waals surface area contributed by atoms with Gasteiger partial charge in [0.1, 0.15) is 32.8 Å². The Hall–Kier alpha value is -0.625. The van der Waals surface area contributed by atoms with Crippen molar-refractivity contribution in [2.75, 3.05) is 40.5 Å². The van der Waals surface area contributed by atoms with Crippen LogP contribution in [0, 0.1) is 0 Å². The molecule has 0 spiro atoms. The number of ether oxygens (including phenoxy) is 4. The third kappa shape index (κ3) is 4.19. The smallest absolute Gasteiger partial charge is 0.248 e. The second kappa shape index (κ2) is 8.12. The van der Waals surface area contributed by atoms with E-state index in [1.54, 1.807) is 14.2 Å². The minimum Gasteiger partial charge on any atom is -0.382 e. The molecule has 1 amide bonds. The van der Waals surface area contributed by atoms with Crippen molar-refractivity contribution in [2.45, 2.75) is 43.6 Å². The van der Waals surface area contributed by atoms with E-state index in [9.17, 15) is 4.79 Å². The van der Waals surface area contributed by atoms with Gasteiger partial charge in [0.15, 0.2) is 0 Å². The van der Waals surface area contributed by atoms with E-state index in [-0.39, 0.29) is 24.7 Å².